The lowest BCUT2D eigenvalue weighted by Crippen LogP contribution is -2.47. The Morgan fingerprint density at radius 3 is 2.55 bits per heavy atom. The van der Waals surface area contributed by atoms with Gasteiger partial charge in [0.05, 0.1) is 32.3 Å². The first-order valence-corrected chi connectivity index (χ1v) is 14.1. The summed E-state index contributed by atoms with van der Waals surface area (Å²) in [6.45, 7) is 9.70. The highest BCUT2D eigenvalue weighted by Crippen LogP contribution is 2.45. The first-order valence-electron chi connectivity index (χ1n) is 14.1. The minimum Gasteiger partial charge on any atom is -0.493 e. The molecule has 212 valence electrons. The van der Waals surface area contributed by atoms with Gasteiger partial charge in [0.1, 0.15) is 5.75 Å². The van der Waals surface area contributed by atoms with Crippen LogP contribution in [0.1, 0.15) is 63.5 Å². The molecule has 3 aliphatic rings. The van der Waals surface area contributed by atoms with E-state index in [9.17, 15) is 19.8 Å². The molecule has 0 unspecified atom stereocenters. The van der Waals surface area contributed by atoms with Crippen molar-refractivity contribution in [3.8, 4) is 5.75 Å². The van der Waals surface area contributed by atoms with Crippen LogP contribution < -0.4 is 4.74 Å². The van der Waals surface area contributed by atoms with Crippen LogP contribution in [0.2, 0.25) is 0 Å². The molecule has 3 atom stereocenters. The van der Waals surface area contributed by atoms with Gasteiger partial charge >= 0.3 is 5.97 Å². The summed E-state index contributed by atoms with van der Waals surface area (Å²) in [6.07, 6.45) is 3.33. The van der Waals surface area contributed by atoms with Gasteiger partial charge in [-0.2, -0.15) is 0 Å². The molecule has 0 spiro atoms. The van der Waals surface area contributed by atoms with E-state index in [-0.39, 0.29) is 31.0 Å². The average molecular weight is 533 g/mol. The molecule has 0 saturated carbocycles. The zero-order valence-corrected chi connectivity index (χ0v) is 23.1. The number of carbonyl (C=O) groups excluding carboxylic acids is 1. The predicted molar refractivity (Wildman–Crippen MR) is 142 cm³/mol. The topological polar surface area (TPSA) is 109 Å². The van der Waals surface area contributed by atoms with Crippen molar-refractivity contribution in [3.63, 3.8) is 0 Å². The number of ether oxygens (including phenoxy) is 3. The molecule has 0 radical (unpaired) electrons. The van der Waals surface area contributed by atoms with E-state index in [1.54, 1.807) is 0 Å². The molecular weight excluding hydrogens is 488 g/mol. The summed E-state index contributed by atoms with van der Waals surface area (Å²) < 4.78 is 17.3. The van der Waals surface area contributed by atoms with Gasteiger partial charge in [-0.1, -0.05) is 39.3 Å². The second-order valence-corrected chi connectivity index (χ2v) is 11.5. The number of aliphatic hydroxyl groups is 1. The highest BCUT2D eigenvalue weighted by atomic mass is 16.7. The number of rotatable bonds is 13. The summed E-state index contributed by atoms with van der Waals surface area (Å²) in [5, 5.41) is 19.9. The number of aliphatic carboxylic acids is 1. The smallest absolute Gasteiger partial charge is 0.308 e. The van der Waals surface area contributed by atoms with E-state index in [2.05, 4.69) is 31.7 Å². The number of carboxylic acid groups (broad SMARTS) is 1. The monoisotopic (exact) mass is 532 g/mol. The normalized spacial score (nSPS) is 23.9. The van der Waals surface area contributed by atoms with Gasteiger partial charge in [-0.25, -0.2) is 0 Å². The molecule has 9 heteroatoms. The highest BCUT2D eigenvalue weighted by Gasteiger charge is 2.50. The van der Waals surface area contributed by atoms with Crippen molar-refractivity contribution in [2.45, 2.75) is 71.1 Å². The third-order valence-corrected chi connectivity index (χ3v) is 8.23. The van der Waals surface area contributed by atoms with Crippen molar-refractivity contribution in [1.82, 2.24) is 9.80 Å². The summed E-state index contributed by atoms with van der Waals surface area (Å²) >= 11 is 0. The standard InChI is InChI=1S/C29H44N2O7/c1-4-5-10-30(11-6-12-32)25(33)19-31-18-22(20-7-8-24-21(16-20)9-13-36-24)26(27(34)35)23(31)17-29(2,3)28-37-14-15-38-28/h7-8,16,22-23,26,28,32H,4-6,9-15,17-19H2,1-3H3,(H,34,35)/t22-,23+,26-/m1/s1. The highest BCUT2D eigenvalue weighted by molar-refractivity contribution is 5.79. The van der Waals surface area contributed by atoms with Crippen molar-refractivity contribution < 1.29 is 34.0 Å². The van der Waals surface area contributed by atoms with Crippen LogP contribution in [0.25, 0.3) is 0 Å². The summed E-state index contributed by atoms with van der Waals surface area (Å²) in [4.78, 5) is 30.3. The first-order chi connectivity index (χ1) is 18.2. The van der Waals surface area contributed by atoms with Gasteiger partial charge in [0.2, 0.25) is 5.91 Å². The van der Waals surface area contributed by atoms with Crippen LogP contribution >= 0.6 is 0 Å². The number of nitrogens with zero attached hydrogens (tertiary/aromatic N) is 2. The Bertz CT molecular complexity index is 954. The predicted octanol–water partition coefficient (Wildman–Crippen LogP) is 2.89. The van der Waals surface area contributed by atoms with Crippen molar-refractivity contribution in [2.75, 3.05) is 52.6 Å². The van der Waals surface area contributed by atoms with Crippen LogP contribution in [0.15, 0.2) is 18.2 Å². The van der Waals surface area contributed by atoms with Gasteiger partial charge in [-0.05, 0) is 36.5 Å². The molecule has 1 amide bonds. The Hall–Kier alpha value is -2.20. The molecule has 1 aromatic carbocycles. The Morgan fingerprint density at radius 1 is 1.13 bits per heavy atom. The lowest BCUT2D eigenvalue weighted by atomic mass is 9.77. The fourth-order valence-corrected chi connectivity index (χ4v) is 6.21. The van der Waals surface area contributed by atoms with Crippen LogP contribution in [0.5, 0.6) is 5.75 Å². The second-order valence-electron chi connectivity index (χ2n) is 11.5. The van der Waals surface area contributed by atoms with E-state index in [0.29, 0.717) is 52.3 Å². The summed E-state index contributed by atoms with van der Waals surface area (Å²) in [7, 11) is 0. The Labute approximate surface area is 226 Å². The van der Waals surface area contributed by atoms with E-state index in [0.717, 1.165) is 36.1 Å². The fourth-order valence-electron chi connectivity index (χ4n) is 6.21. The van der Waals surface area contributed by atoms with E-state index in [4.69, 9.17) is 14.2 Å². The molecule has 0 aliphatic carbocycles. The molecule has 3 aliphatic heterocycles. The van der Waals surface area contributed by atoms with E-state index >= 15 is 0 Å². The molecule has 4 rings (SSSR count). The molecule has 38 heavy (non-hydrogen) atoms. The van der Waals surface area contributed by atoms with Crippen LogP contribution in [0, 0.1) is 11.3 Å². The molecule has 1 aromatic rings. The van der Waals surface area contributed by atoms with Crippen molar-refractivity contribution in [2.24, 2.45) is 11.3 Å². The molecule has 3 heterocycles. The van der Waals surface area contributed by atoms with Crippen LogP contribution in [-0.2, 0) is 25.5 Å². The molecule has 0 aromatic heterocycles. The minimum absolute atomic E-state index is 0.0183. The van der Waals surface area contributed by atoms with Gasteiger partial charge in [0, 0.05) is 50.0 Å². The average Bonchev–Trinajstić information content (AvgIpc) is 3.64. The number of hydrogen-bond donors (Lipinski definition) is 2. The molecular formula is C29H44N2O7. The number of carbonyl (C=O) groups is 2. The molecule has 2 N–H and O–H groups in total. The minimum atomic E-state index is -0.848. The third kappa shape index (κ3) is 6.50. The lowest BCUT2D eigenvalue weighted by Gasteiger charge is -2.37. The van der Waals surface area contributed by atoms with Crippen LogP contribution in [-0.4, -0.2) is 96.8 Å². The maximum absolute atomic E-state index is 13.5. The van der Waals surface area contributed by atoms with E-state index in [1.165, 1.54) is 0 Å². The molecule has 9 nitrogen and oxygen atoms in total. The van der Waals surface area contributed by atoms with Gasteiger partial charge in [0.25, 0.3) is 0 Å². The van der Waals surface area contributed by atoms with E-state index in [1.807, 2.05) is 17.0 Å². The van der Waals surface area contributed by atoms with Crippen molar-refractivity contribution in [1.29, 1.82) is 0 Å². The molecule has 2 fully saturated rings. The second kappa shape index (κ2) is 12.8. The number of likely N-dealkylation sites (tertiary alicyclic amines) is 1. The Kier molecular flexibility index (Phi) is 9.68. The largest absolute Gasteiger partial charge is 0.493 e. The van der Waals surface area contributed by atoms with Gasteiger partial charge in [-0.3, -0.25) is 14.5 Å². The number of hydrogen-bond acceptors (Lipinski definition) is 7. The molecule has 0 bridgehead atoms. The number of benzene rings is 1. The number of amides is 1. The first kappa shape index (κ1) is 28.8. The zero-order chi connectivity index (χ0) is 27.3. The Morgan fingerprint density at radius 2 is 1.87 bits per heavy atom. The molecule has 2 saturated heterocycles. The lowest BCUT2D eigenvalue weighted by molar-refractivity contribution is -0.148. The van der Waals surface area contributed by atoms with Crippen molar-refractivity contribution >= 4 is 11.9 Å². The summed E-state index contributed by atoms with van der Waals surface area (Å²) in [6, 6.07) is 5.66. The van der Waals surface area contributed by atoms with E-state index < -0.39 is 23.6 Å². The number of carboxylic acids is 1. The maximum Gasteiger partial charge on any atom is 0.308 e. The quantitative estimate of drug-likeness (QED) is 0.399. The SMILES string of the molecule is CCCCN(CCCO)C(=O)CN1C[C@H](c2ccc3c(c2)CCO3)[C@@H](C(=O)O)[C@@H]1CC(C)(C)C1OCCO1. The third-order valence-electron chi connectivity index (χ3n) is 8.23. The number of fused-ring (bicyclic) bond motifs is 1. The van der Waals surface area contributed by atoms with Gasteiger partial charge < -0.3 is 29.3 Å². The van der Waals surface area contributed by atoms with Crippen molar-refractivity contribution in [3.05, 3.63) is 29.3 Å². The number of aliphatic hydroxyl groups excluding tert-OH is 1. The summed E-state index contributed by atoms with van der Waals surface area (Å²) in [5.74, 6) is -0.923. The Balaban J connectivity index is 1.62. The fraction of sp³-hybridized carbons (Fsp3) is 0.724. The van der Waals surface area contributed by atoms with Crippen LogP contribution in [0.4, 0.5) is 0 Å². The van der Waals surface area contributed by atoms with Gasteiger partial charge in [0.15, 0.2) is 6.29 Å². The van der Waals surface area contributed by atoms with Crippen LogP contribution in [0.3, 0.4) is 0 Å². The maximum atomic E-state index is 13.5. The number of unbranched alkanes of at least 4 members (excludes halogenated alkanes) is 1. The zero-order valence-electron chi connectivity index (χ0n) is 23.1. The van der Waals surface area contributed by atoms with Gasteiger partial charge in [-0.15, -0.1) is 0 Å². The summed E-state index contributed by atoms with van der Waals surface area (Å²) in [5.41, 5.74) is 1.66.